The zero-order valence-electron chi connectivity index (χ0n) is 19.0. The van der Waals surface area contributed by atoms with Crippen LogP contribution < -0.4 is 16.0 Å². The molecule has 0 saturated carbocycles. The van der Waals surface area contributed by atoms with Crippen molar-refractivity contribution in [1.82, 2.24) is 13.7 Å². The molecule has 0 amide bonds. The van der Waals surface area contributed by atoms with Crippen LogP contribution in [0.25, 0.3) is 22.2 Å². The average molecular weight is 447 g/mol. The smallest absolute Gasteiger partial charge is 0.331 e. The van der Waals surface area contributed by atoms with Crippen LogP contribution in [0.4, 0.5) is 0 Å². The molecule has 8 nitrogen and oxygen atoms in total. The van der Waals surface area contributed by atoms with Crippen LogP contribution >= 0.6 is 0 Å². The molecule has 8 heteroatoms. The number of aryl methyl sites for hydroxylation is 2. The summed E-state index contributed by atoms with van der Waals surface area (Å²) in [7, 11) is 4.66. The summed E-state index contributed by atoms with van der Waals surface area (Å²) in [5.74, 6) is 0.354. The van der Waals surface area contributed by atoms with E-state index in [-0.39, 0.29) is 11.3 Å². The fourth-order valence-electron chi connectivity index (χ4n) is 4.78. The minimum atomic E-state index is -0.549. The molecule has 0 fully saturated rings. The molecule has 4 aromatic rings. The molecule has 0 bridgehead atoms. The first-order valence-corrected chi connectivity index (χ1v) is 10.7. The van der Waals surface area contributed by atoms with Gasteiger partial charge in [0.05, 0.1) is 36.0 Å². The van der Waals surface area contributed by atoms with Crippen LogP contribution in [0.5, 0.6) is 11.5 Å². The van der Waals surface area contributed by atoms with Gasteiger partial charge in [0.15, 0.2) is 11.5 Å². The molecule has 170 valence electrons. The number of fused-ring (bicyclic) bond motifs is 3. The molecule has 0 aliphatic carbocycles. The van der Waals surface area contributed by atoms with Gasteiger partial charge in [0, 0.05) is 20.6 Å². The Kier molecular flexibility index (Phi) is 4.90. The minimum absolute atomic E-state index is 0.0269. The van der Waals surface area contributed by atoms with E-state index in [0.29, 0.717) is 29.8 Å². The average Bonchev–Trinajstić information content (AvgIpc) is 3.17. The molecule has 0 saturated heterocycles. The second-order valence-corrected chi connectivity index (χ2v) is 8.37. The Balaban J connectivity index is 1.92. The van der Waals surface area contributed by atoms with Crippen LogP contribution in [0.3, 0.4) is 0 Å². The fourth-order valence-corrected chi connectivity index (χ4v) is 4.78. The maximum Gasteiger partial charge on any atom is 0.331 e. The quantitative estimate of drug-likeness (QED) is 0.522. The van der Waals surface area contributed by atoms with E-state index in [9.17, 15) is 14.7 Å². The first-order valence-electron chi connectivity index (χ1n) is 10.7. The van der Waals surface area contributed by atoms with Crippen LogP contribution in [-0.2, 0) is 25.4 Å². The van der Waals surface area contributed by atoms with Crippen molar-refractivity contribution in [3.63, 3.8) is 0 Å². The van der Waals surface area contributed by atoms with Gasteiger partial charge >= 0.3 is 5.69 Å². The fraction of sp³-hybridized carbons (Fsp3) is 0.280. The van der Waals surface area contributed by atoms with E-state index < -0.39 is 11.8 Å². The number of rotatable bonds is 3. The molecule has 1 aliphatic heterocycles. The predicted molar refractivity (Wildman–Crippen MR) is 125 cm³/mol. The van der Waals surface area contributed by atoms with E-state index in [1.807, 2.05) is 31.2 Å². The van der Waals surface area contributed by atoms with E-state index in [0.717, 1.165) is 32.6 Å². The Labute approximate surface area is 189 Å². The Morgan fingerprint density at radius 1 is 1.09 bits per heavy atom. The number of aromatic nitrogens is 3. The molecule has 0 radical (unpaired) electrons. The van der Waals surface area contributed by atoms with Gasteiger partial charge in [0.25, 0.3) is 5.56 Å². The third kappa shape index (κ3) is 3.09. The number of benzene rings is 2. The standard InChI is InChI=1S/C25H25N3O5/c1-14-6-5-7-15(12-14)20-19-21(26(2)25(31)27(3)24(19)30)22-23(33-11-10-28(20)22)16-8-9-17(29)18(13-16)32-4/h5-9,12-13,23,29H,10-11H2,1-4H3/t23-/m0/s1. The maximum atomic E-state index is 13.4. The van der Waals surface area contributed by atoms with E-state index in [1.54, 1.807) is 25.2 Å². The van der Waals surface area contributed by atoms with E-state index >= 15 is 0 Å². The highest BCUT2D eigenvalue weighted by molar-refractivity contribution is 5.96. The molecule has 2 aromatic carbocycles. The van der Waals surface area contributed by atoms with E-state index in [4.69, 9.17) is 9.47 Å². The monoisotopic (exact) mass is 447 g/mol. The lowest BCUT2D eigenvalue weighted by Crippen LogP contribution is -2.37. The second-order valence-electron chi connectivity index (χ2n) is 8.37. The SMILES string of the molecule is COc1cc([C@@H]2OCCn3c(-c4cccc(C)c4)c4c(=O)n(C)c(=O)n(C)c4c32)ccc1O. The number of methoxy groups -OCH3 is 1. The summed E-state index contributed by atoms with van der Waals surface area (Å²) in [4.78, 5) is 26.3. The third-order valence-corrected chi connectivity index (χ3v) is 6.35. The van der Waals surface area contributed by atoms with Crippen molar-refractivity contribution in [2.45, 2.75) is 19.6 Å². The topological polar surface area (TPSA) is 87.6 Å². The van der Waals surface area contributed by atoms with Gasteiger partial charge in [-0.05, 0) is 36.2 Å². The minimum Gasteiger partial charge on any atom is -0.504 e. The maximum absolute atomic E-state index is 13.4. The van der Waals surface area contributed by atoms with Gasteiger partial charge in [-0.3, -0.25) is 13.9 Å². The lowest BCUT2D eigenvalue weighted by atomic mass is 10.0. The van der Waals surface area contributed by atoms with Crippen molar-refractivity contribution in [1.29, 1.82) is 0 Å². The Morgan fingerprint density at radius 3 is 2.61 bits per heavy atom. The van der Waals surface area contributed by atoms with Gasteiger partial charge < -0.3 is 19.1 Å². The summed E-state index contributed by atoms with van der Waals surface area (Å²) >= 11 is 0. The molecule has 5 rings (SSSR count). The number of nitrogens with zero attached hydrogens (tertiary/aromatic N) is 3. The van der Waals surface area contributed by atoms with E-state index in [1.165, 1.54) is 18.7 Å². The summed E-state index contributed by atoms with van der Waals surface area (Å²) in [6.45, 7) is 2.97. The van der Waals surface area contributed by atoms with Crippen LogP contribution in [0.2, 0.25) is 0 Å². The van der Waals surface area contributed by atoms with Crippen LogP contribution in [-0.4, -0.2) is 32.5 Å². The number of phenols is 1. The summed E-state index contributed by atoms with van der Waals surface area (Å²) < 4.78 is 16.2. The molecule has 0 unspecified atom stereocenters. The first kappa shape index (κ1) is 21.1. The van der Waals surface area contributed by atoms with E-state index in [2.05, 4.69) is 4.57 Å². The zero-order chi connectivity index (χ0) is 23.4. The number of phenolic OH excluding ortho intramolecular Hbond substituents is 1. The lowest BCUT2D eigenvalue weighted by molar-refractivity contribution is 0.0477. The van der Waals surface area contributed by atoms with Crippen molar-refractivity contribution < 1.29 is 14.6 Å². The highest BCUT2D eigenvalue weighted by Gasteiger charge is 2.33. The highest BCUT2D eigenvalue weighted by atomic mass is 16.5. The van der Waals surface area contributed by atoms with Gasteiger partial charge in [0.1, 0.15) is 6.10 Å². The van der Waals surface area contributed by atoms with Crippen molar-refractivity contribution in [2.24, 2.45) is 14.1 Å². The normalized spacial score (nSPS) is 15.6. The molecule has 3 heterocycles. The van der Waals surface area contributed by atoms with Gasteiger partial charge in [-0.2, -0.15) is 0 Å². The third-order valence-electron chi connectivity index (χ3n) is 6.35. The highest BCUT2D eigenvalue weighted by Crippen LogP contribution is 2.42. The molecular weight excluding hydrogens is 422 g/mol. The van der Waals surface area contributed by atoms with Crippen LogP contribution in [0.15, 0.2) is 52.1 Å². The Morgan fingerprint density at radius 2 is 1.88 bits per heavy atom. The van der Waals surface area contributed by atoms with Crippen LogP contribution in [0.1, 0.15) is 22.9 Å². The molecule has 1 N–H and O–H groups in total. The Bertz CT molecular complexity index is 1530. The molecular formula is C25H25N3O5. The zero-order valence-corrected chi connectivity index (χ0v) is 19.0. The van der Waals surface area contributed by atoms with Gasteiger partial charge in [0.2, 0.25) is 0 Å². The lowest BCUT2D eigenvalue weighted by Gasteiger charge is -2.28. The first-order chi connectivity index (χ1) is 15.8. The van der Waals surface area contributed by atoms with Crippen molar-refractivity contribution in [3.05, 3.63) is 80.1 Å². The predicted octanol–water partition coefficient (Wildman–Crippen LogP) is 2.85. The van der Waals surface area contributed by atoms with Gasteiger partial charge in [-0.15, -0.1) is 0 Å². The Hall–Kier alpha value is -3.78. The van der Waals surface area contributed by atoms with Crippen molar-refractivity contribution in [3.8, 4) is 22.8 Å². The van der Waals surface area contributed by atoms with Gasteiger partial charge in [-0.25, -0.2) is 4.79 Å². The summed E-state index contributed by atoms with van der Waals surface area (Å²) in [5.41, 5.74) is 4.07. The largest absolute Gasteiger partial charge is 0.504 e. The molecule has 0 spiro atoms. The summed E-state index contributed by atoms with van der Waals surface area (Å²) in [6.07, 6.45) is -0.549. The molecule has 1 atom stereocenters. The molecule has 1 aliphatic rings. The second kappa shape index (κ2) is 7.67. The van der Waals surface area contributed by atoms with Crippen LogP contribution in [0, 0.1) is 6.92 Å². The molecule has 2 aromatic heterocycles. The number of hydrogen-bond acceptors (Lipinski definition) is 5. The number of hydrogen-bond donors (Lipinski definition) is 1. The van der Waals surface area contributed by atoms with Crippen molar-refractivity contribution in [2.75, 3.05) is 13.7 Å². The summed E-state index contributed by atoms with van der Waals surface area (Å²) in [5, 5.41) is 10.6. The number of aromatic hydroxyl groups is 1. The number of ether oxygens (including phenoxy) is 2. The van der Waals surface area contributed by atoms with Crippen molar-refractivity contribution >= 4 is 10.9 Å². The van der Waals surface area contributed by atoms with Gasteiger partial charge in [-0.1, -0.05) is 29.8 Å². The molecule has 33 heavy (non-hydrogen) atoms. The summed E-state index contributed by atoms with van der Waals surface area (Å²) in [6, 6.07) is 13.0.